The van der Waals surface area contributed by atoms with Gasteiger partial charge in [-0.25, -0.2) is 4.98 Å². The number of fused-ring (bicyclic) bond motifs is 2. The first-order chi connectivity index (χ1) is 17.4. The zero-order chi connectivity index (χ0) is 25.2. The lowest BCUT2D eigenvalue weighted by atomic mass is 9.90. The van der Waals surface area contributed by atoms with E-state index in [0.717, 1.165) is 48.0 Å². The number of methoxy groups -OCH3 is 1. The van der Waals surface area contributed by atoms with E-state index in [4.69, 9.17) is 14.7 Å². The number of hydrogen-bond donors (Lipinski definition) is 2. The molecule has 2 N–H and O–H groups in total. The molecule has 0 spiro atoms. The fourth-order valence-electron chi connectivity index (χ4n) is 5.43. The summed E-state index contributed by atoms with van der Waals surface area (Å²) in [5.74, 6) is 2.28. The highest BCUT2D eigenvalue weighted by atomic mass is 16.5. The van der Waals surface area contributed by atoms with Crippen LogP contribution in [-0.4, -0.2) is 54.9 Å². The highest BCUT2D eigenvalue weighted by Gasteiger charge is 2.32. The van der Waals surface area contributed by atoms with Crippen LogP contribution in [0.3, 0.4) is 0 Å². The standard InChI is InChI=1S/C28H33N5O3/c1-33(2)27-22-6-4-5-7-24(22)31-28(32-27)30-19-10-8-18(9-11-19)29-26(35)15-17-14-25(34)21-13-12-20(36-3)16-23(17)21/h4-7,12-13,16-19H,8-11,14-15H2,1-3H3,(H,29,35)(H,30,31,32). The van der Waals surface area contributed by atoms with Gasteiger partial charge in [-0.05, 0) is 61.6 Å². The number of anilines is 2. The number of ketones is 1. The smallest absolute Gasteiger partial charge is 0.225 e. The van der Waals surface area contributed by atoms with Crippen molar-refractivity contribution in [1.82, 2.24) is 15.3 Å². The number of amides is 1. The van der Waals surface area contributed by atoms with Crippen LogP contribution >= 0.6 is 0 Å². The lowest BCUT2D eigenvalue weighted by Crippen LogP contribution is -2.40. The number of nitrogens with zero attached hydrogens (tertiary/aromatic N) is 3. The molecule has 1 saturated carbocycles. The molecule has 36 heavy (non-hydrogen) atoms. The van der Waals surface area contributed by atoms with Crippen molar-refractivity contribution >= 4 is 34.4 Å². The van der Waals surface area contributed by atoms with Crippen LogP contribution < -0.4 is 20.3 Å². The van der Waals surface area contributed by atoms with E-state index in [9.17, 15) is 9.59 Å². The Morgan fingerprint density at radius 3 is 2.56 bits per heavy atom. The third-order valence-corrected chi connectivity index (χ3v) is 7.29. The largest absolute Gasteiger partial charge is 0.497 e. The Hall–Kier alpha value is -3.68. The number of para-hydroxylation sites is 1. The van der Waals surface area contributed by atoms with E-state index in [2.05, 4.69) is 10.6 Å². The molecule has 1 unspecified atom stereocenters. The average molecular weight is 488 g/mol. The van der Waals surface area contributed by atoms with E-state index < -0.39 is 0 Å². The fraction of sp³-hybridized carbons (Fsp3) is 0.429. The Morgan fingerprint density at radius 2 is 1.81 bits per heavy atom. The topological polar surface area (TPSA) is 96.4 Å². The maximum Gasteiger partial charge on any atom is 0.225 e. The van der Waals surface area contributed by atoms with Crippen molar-refractivity contribution in [3.8, 4) is 5.75 Å². The molecule has 3 aromatic rings. The van der Waals surface area contributed by atoms with Gasteiger partial charge in [-0.3, -0.25) is 9.59 Å². The van der Waals surface area contributed by atoms with Crippen LogP contribution in [0.15, 0.2) is 42.5 Å². The summed E-state index contributed by atoms with van der Waals surface area (Å²) in [6, 6.07) is 14.0. The van der Waals surface area contributed by atoms with Crippen LogP contribution in [0.25, 0.3) is 10.9 Å². The second-order valence-corrected chi connectivity index (χ2v) is 10.0. The molecule has 2 aliphatic rings. The SMILES string of the molecule is COc1ccc2c(c1)C(CC(=O)NC1CCC(Nc3nc(N(C)C)c4ccccc4n3)CC1)CC2=O. The second-order valence-electron chi connectivity index (χ2n) is 10.0. The Morgan fingerprint density at radius 1 is 1.06 bits per heavy atom. The van der Waals surface area contributed by atoms with Gasteiger partial charge in [0.1, 0.15) is 11.6 Å². The molecule has 1 heterocycles. The molecule has 0 bridgehead atoms. The Balaban J connectivity index is 1.16. The molecule has 2 aliphatic carbocycles. The van der Waals surface area contributed by atoms with E-state index >= 15 is 0 Å². The number of hydrogen-bond acceptors (Lipinski definition) is 7. The highest BCUT2D eigenvalue weighted by Crippen LogP contribution is 2.37. The molecule has 5 rings (SSSR count). The van der Waals surface area contributed by atoms with E-state index in [0.29, 0.717) is 30.1 Å². The van der Waals surface area contributed by atoms with Gasteiger partial charge in [0, 0.05) is 55.9 Å². The van der Waals surface area contributed by atoms with Crippen molar-refractivity contribution in [2.24, 2.45) is 0 Å². The molecular formula is C28H33N5O3. The number of rotatable bonds is 7. The fourth-order valence-corrected chi connectivity index (χ4v) is 5.43. The summed E-state index contributed by atoms with van der Waals surface area (Å²) < 4.78 is 5.31. The molecular weight excluding hydrogens is 454 g/mol. The van der Waals surface area contributed by atoms with Crippen molar-refractivity contribution in [2.45, 2.75) is 56.5 Å². The molecule has 188 valence electrons. The normalized spacial score (nSPS) is 21.2. The molecule has 0 saturated heterocycles. The van der Waals surface area contributed by atoms with Crippen LogP contribution in [0.1, 0.15) is 60.4 Å². The van der Waals surface area contributed by atoms with Gasteiger partial charge < -0.3 is 20.3 Å². The van der Waals surface area contributed by atoms with Crippen molar-refractivity contribution < 1.29 is 14.3 Å². The van der Waals surface area contributed by atoms with E-state index in [1.807, 2.05) is 55.4 Å². The van der Waals surface area contributed by atoms with Crippen LogP contribution in [0, 0.1) is 0 Å². The van der Waals surface area contributed by atoms with Gasteiger partial charge >= 0.3 is 0 Å². The van der Waals surface area contributed by atoms with Gasteiger partial charge in [0.25, 0.3) is 0 Å². The van der Waals surface area contributed by atoms with Crippen molar-refractivity contribution in [3.63, 3.8) is 0 Å². The Kier molecular flexibility index (Phi) is 6.76. The molecule has 2 aromatic carbocycles. The monoisotopic (exact) mass is 487 g/mol. The highest BCUT2D eigenvalue weighted by molar-refractivity contribution is 6.02. The van der Waals surface area contributed by atoms with E-state index in [1.54, 1.807) is 13.2 Å². The lowest BCUT2D eigenvalue weighted by molar-refractivity contribution is -0.122. The van der Waals surface area contributed by atoms with Gasteiger partial charge in [-0.15, -0.1) is 0 Å². The van der Waals surface area contributed by atoms with Crippen LogP contribution in [0.5, 0.6) is 5.75 Å². The summed E-state index contributed by atoms with van der Waals surface area (Å²) in [5, 5.41) is 7.75. The number of ether oxygens (including phenoxy) is 1. The zero-order valence-corrected chi connectivity index (χ0v) is 21.1. The number of carbonyl (C=O) groups is 2. The van der Waals surface area contributed by atoms with E-state index in [-0.39, 0.29) is 29.7 Å². The first-order valence-electron chi connectivity index (χ1n) is 12.6. The predicted octanol–water partition coefficient (Wildman–Crippen LogP) is 4.30. The summed E-state index contributed by atoms with van der Waals surface area (Å²) in [6.45, 7) is 0. The first kappa shape index (κ1) is 24.0. The predicted molar refractivity (Wildman–Crippen MR) is 141 cm³/mol. The van der Waals surface area contributed by atoms with Crippen LogP contribution in [0.4, 0.5) is 11.8 Å². The minimum absolute atomic E-state index is 0.00775. The van der Waals surface area contributed by atoms with Crippen molar-refractivity contribution in [2.75, 3.05) is 31.4 Å². The van der Waals surface area contributed by atoms with Gasteiger partial charge in [0.15, 0.2) is 5.78 Å². The summed E-state index contributed by atoms with van der Waals surface area (Å²) >= 11 is 0. The van der Waals surface area contributed by atoms with E-state index in [1.165, 1.54) is 0 Å². The molecule has 8 heteroatoms. The minimum atomic E-state index is -0.0865. The number of aromatic nitrogens is 2. The first-order valence-corrected chi connectivity index (χ1v) is 12.6. The van der Waals surface area contributed by atoms with Crippen molar-refractivity contribution in [3.05, 3.63) is 53.6 Å². The summed E-state index contributed by atoms with van der Waals surface area (Å²) in [4.78, 5) is 36.7. The number of nitrogens with one attached hydrogen (secondary N) is 2. The Labute approximate surface area is 211 Å². The van der Waals surface area contributed by atoms with Crippen LogP contribution in [-0.2, 0) is 4.79 Å². The third-order valence-electron chi connectivity index (χ3n) is 7.29. The Bertz CT molecular complexity index is 1280. The molecule has 1 amide bonds. The lowest BCUT2D eigenvalue weighted by Gasteiger charge is -2.30. The summed E-state index contributed by atoms with van der Waals surface area (Å²) in [6.07, 6.45) is 4.35. The molecule has 0 radical (unpaired) electrons. The molecule has 1 fully saturated rings. The van der Waals surface area contributed by atoms with Gasteiger partial charge in [0.2, 0.25) is 11.9 Å². The van der Waals surface area contributed by atoms with Gasteiger partial charge in [0.05, 0.1) is 12.6 Å². The number of benzene rings is 2. The average Bonchev–Trinajstić information content (AvgIpc) is 3.18. The molecule has 1 atom stereocenters. The van der Waals surface area contributed by atoms with Crippen molar-refractivity contribution in [1.29, 1.82) is 0 Å². The zero-order valence-electron chi connectivity index (χ0n) is 21.1. The third kappa shape index (κ3) is 4.98. The summed E-state index contributed by atoms with van der Waals surface area (Å²) in [7, 11) is 5.59. The summed E-state index contributed by atoms with van der Waals surface area (Å²) in [5.41, 5.74) is 2.56. The quantitative estimate of drug-likeness (QED) is 0.513. The second kappa shape index (κ2) is 10.1. The molecule has 1 aromatic heterocycles. The molecule has 8 nitrogen and oxygen atoms in total. The maximum absolute atomic E-state index is 12.8. The van der Waals surface area contributed by atoms with Gasteiger partial charge in [-0.2, -0.15) is 4.98 Å². The maximum atomic E-state index is 12.8. The van der Waals surface area contributed by atoms with Crippen LogP contribution in [0.2, 0.25) is 0 Å². The van der Waals surface area contributed by atoms with Gasteiger partial charge in [-0.1, -0.05) is 12.1 Å². The minimum Gasteiger partial charge on any atom is -0.497 e. The number of Topliss-reactive ketones (excluding diaryl/α,β-unsaturated/α-hetero) is 1. The molecule has 0 aliphatic heterocycles. The number of carbonyl (C=O) groups excluding carboxylic acids is 2.